The zero-order valence-corrected chi connectivity index (χ0v) is 35.8. The van der Waals surface area contributed by atoms with Crippen molar-refractivity contribution in [3.63, 3.8) is 0 Å². The summed E-state index contributed by atoms with van der Waals surface area (Å²) in [6.07, 6.45) is 2.61. The van der Waals surface area contributed by atoms with Crippen LogP contribution in [0.15, 0.2) is 96.2 Å². The van der Waals surface area contributed by atoms with E-state index < -0.39 is 77.9 Å². The Labute approximate surface area is 374 Å². The van der Waals surface area contributed by atoms with E-state index in [9.17, 15) is 28.8 Å². The summed E-state index contributed by atoms with van der Waals surface area (Å²) in [7, 11) is 0. The fraction of sp³-hybridized carbons (Fsp3) is 0.383. The lowest BCUT2D eigenvalue weighted by Gasteiger charge is -2.34. The summed E-state index contributed by atoms with van der Waals surface area (Å²) in [5, 5.41) is 13.1. The Kier molecular flexibility index (Phi) is 13.4. The Balaban J connectivity index is 1.19. The number of aliphatic imine (C=N–C) groups is 1. The highest BCUT2D eigenvalue weighted by molar-refractivity contribution is 5.99. The number of rotatable bonds is 10. The van der Waals surface area contributed by atoms with Gasteiger partial charge < -0.3 is 52.5 Å². The largest absolute Gasteiger partial charge is 0.370 e. The van der Waals surface area contributed by atoms with E-state index in [0.29, 0.717) is 23.1 Å². The fourth-order valence-electron chi connectivity index (χ4n) is 9.32. The van der Waals surface area contributed by atoms with Gasteiger partial charge >= 0.3 is 0 Å². The fourth-order valence-corrected chi connectivity index (χ4v) is 9.32. The number of guanidine groups is 1. The third-order valence-electron chi connectivity index (χ3n) is 12.6. The van der Waals surface area contributed by atoms with Crippen molar-refractivity contribution in [2.45, 2.75) is 93.8 Å². The molecule has 5 aromatic rings. The molecule has 3 aromatic carbocycles. The van der Waals surface area contributed by atoms with Crippen LogP contribution in [0.2, 0.25) is 0 Å². The van der Waals surface area contributed by atoms with Crippen molar-refractivity contribution in [3.8, 4) is 0 Å². The minimum atomic E-state index is -1.55. The van der Waals surface area contributed by atoms with Gasteiger partial charge in [0.15, 0.2) is 5.96 Å². The molecule has 10 N–H and O–H groups in total. The van der Waals surface area contributed by atoms with E-state index in [0.717, 1.165) is 26.7 Å². The number of halogens is 1. The van der Waals surface area contributed by atoms with E-state index in [1.807, 2.05) is 54.6 Å². The molecular weight excluding hydrogens is 834 g/mol. The second-order valence-electron chi connectivity index (χ2n) is 17.0. The van der Waals surface area contributed by atoms with Gasteiger partial charge in [0.1, 0.15) is 42.4 Å². The molecular formula is C47H54FN11O6. The number of carbonyl (C=O) groups is 6. The van der Waals surface area contributed by atoms with Crippen LogP contribution in [0.4, 0.5) is 4.39 Å². The van der Waals surface area contributed by atoms with Crippen LogP contribution in [0.25, 0.3) is 21.8 Å². The number of alkyl halides is 1. The van der Waals surface area contributed by atoms with Crippen LogP contribution in [0, 0.1) is 0 Å². The third-order valence-corrected chi connectivity index (χ3v) is 12.6. The first-order chi connectivity index (χ1) is 31.4. The molecule has 0 radical (unpaired) electrons. The number of nitrogens with zero attached hydrogens (tertiary/aromatic N) is 3. The van der Waals surface area contributed by atoms with Crippen molar-refractivity contribution in [1.82, 2.24) is 41.0 Å². The number of nitrogens with one attached hydrogen (secondary N) is 6. The molecule has 8 rings (SSSR count). The summed E-state index contributed by atoms with van der Waals surface area (Å²) >= 11 is 0. The van der Waals surface area contributed by atoms with Gasteiger partial charge in [0, 0.05) is 73.0 Å². The molecule has 340 valence electrons. The molecule has 17 nitrogen and oxygen atoms in total. The Morgan fingerprint density at radius 2 is 1.17 bits per heavy atom. The lowest BCUT2D eigenvalue weighted by molar-refractivity contribution is -0.148. The van der Waals surface area contributed by atoms with E-state index in [4.69, 9.17) is 11.5 Å². The highest BCUT2D eigenvalue weighted by Crippen LogP contribution is 2.28. The summed E-state index contributed by atoms with van der Waals surface area (Å²) in [4.78, 5) is 101. The second kappa shape index (κ2) is 19.7. The number of carbonyl (C=O) groups excluding carboxylic acids is 6. The number of hydrogen-bond acceptors (Lipinski definition) is 7. The average Bonchev–Trinajstić information content (AvgIpc) is 4.13. The van der Waals surface area contributed by atoms with E-state index in [2.05, 4.69) is 36.2 Å². The predicted octanol–water partition coefficient (Wildman–Crippen LogP) is 1.61. The van der Waals surface area contributed by atoms with Gasteiger partial charge in [0.05, 0.1) is 6.54 Å². The van der Waals surface area contributed by atoms with Crippen LogP contribution in [-0.2, 0) is 48.0 Å². The molecule has 0 spiro atoms. The van der Waals surface area contributed by atoms with Gasteiger partial charge in [-0.3, -0.25) is 33.8 Å². The molecule has 5 heterocycles. The molecule has 65 heavy (non-hydrogen) atoms. The zero-order valence-electron chi connectivity index (χ0n) is 35.8. The van der Waals surface area contributed by atoms with Crippen molar-refractivity contribution < 1.29 is 33.2 Å². The monoisotopic (exact) mass is 887 g/mol. The molecule has 2 aromatic heterocycles. The van der Waals surface area contributed by atoms with Crippen molar-refractivity contribution in [2.24, 2.45) is 16.5 Å². The smallest absolute Gasteiger partial charge is 0.246 e. The van der Waals surface area contributed by atoms with Crippen LogP contribution in [0.3, 0.4) is 0 Å². The van der Waals surface area contributed by atoms with Crippen molar-refractivity contribution in [2.75, 3.05) is 19.6 Å². The second-order valence-corrected chi connectivity index (χ2v) is 17.0. The lowest BCUT2D eigenvalue weighted by Crippen LogP contribution is -2.61. The number of fused-ring (bicyclic) bond motifs is 4. The first kappa shape index (κ1) is 44.4. The van der Waals surface area contributed by atoms with Crippen LogP contribution in [0.1, 0.15) is 48.8 Å². The number of nitrogens with two attached hydrogens (primary N) is 2. The summed E-state index contributed by atoms with van der Waals surface area (Å²) < 4.78 is 15.4. The summed E-state index contributed by atoms with van der Waals surface area (Å²) in [6, 6.07) is 16.6. The van der Waals surface area contributed by atoms with Crippen LogP contribution < -0.4 is 32.7 Å². The SMILES string of the molecule is NC(N)=NCCC[C@@H]1NC(=O)[C@H](Cc2c[nH]c3ccccc23)NC(=O)[C@@H](Cc2ccccc2)NC(=O)[C@H](Cc2c[nH]c3ccccc23)NC(=O)[C@@H]2C[C@H](F)CN2C(=O)[C@H]2CCCN2C1=O. The molecule has 3 saturated heterocycles. The topological polar surface area (TPSA) is 253 Å². The van der Waals surface area contributed by atoms with Crippen LogP contribution >= 0.6 is 0 Å². The number of benzene rings is 3. The summed E-state index contributed by atoms with van der Waals surface area (Å²) in [5.74, 6) is -4.13. The normalized spacial score (nSPS) is 24.7. The molecule has 7 atom stereocenters. The Hall–Kier alpha value is -7.24. The molecule has 3 aliphatic heterocycles. The molecule has 0 aliphatic carbocycles. The first-order valence-corrected chi connectivity index (χ1v) is 22.1. The number of para-hydroxylation sites is 2. The van der Waals surface area contributed by atoms with E-state index >= 15 is 4.39 Å². The van der Waals surface area contributed by atoms with Crippen LogP contribution in [-0.4, -0.2) is 123 Å². The Morgan fingerprint density at radius 3 is 1.77 bits per heavy atom. The standard InChI is InChI=1S/C47H54FN11O6/c48-30-23-40-44(63)57-38(22-29-25-53-34-15-7-5-13-32(29)34)43(62)55-36(20-27-10-2-1-3-11-27)41(60)56-37(21-28-24-52-33-14-6-4-12-31(28)33)42(61)54-35(16-8-18-51-47(49)50)45(64)58-19-9-17-39(58)46(65)59(40)26-30/h1-7,10-15,24-25,30,35-40,52-53H,8-9,16-23,26H2,(H,54,61)(H,55,62)(H,56,60)(H,57,63)(H4,49,50,51)/t30-,35-,36+,37-,38-,39+,40-/m0/s1. The van der Waals surface area contributed by atoms with E-state index in [1.165, 1.54) is 4.90 Å². The predicted molar refractivity (Wildman–Crippen MR) is 242 cm³/mol. The quantitative estimate of drug-likeness (QED) is 0.0580. The van der Waals surface area contributed by atoms with Gasteiger partial charge in [-0.05, 0) is 54.5 Å². The van der Waals surface area contributed by atoms with E-state index in [1.54, 1.807) is 36.7 Å². The molecule has 6 amide bonds. The van der Waals surface area contributed by atoms with Gasteiger partial charge in [0.2, 0.25) is 35.4 Å². The number of aromatic amines is 2. The Bertz CT molecular complexity index is 2590. The molecule has 0 saturated carbocycles. The lowest BCUT2D eigenvalue weighted by atomic mass is 10.00. The van der Waals surface area contributed by atoms with Crippen LogP contribution in [0.5, 0.6) is 0 Å². The third kappa shape index (κ3) is 10.1. The molecule has 0 bridgehead atoms. The molecule has 18 heteroatoms. The van der Waals surface area contributed by atoms with Gasteiger partial charge in [-0.1, -0.05) is 66.7 Å². The Morgan fingerprint density at radius 1 is 0.631 bits per heavy atom. The number of H-pyrrole nitrogens is 2. The average molecular weight is 888 g/mol. The highest BCUT2D eigenvalue weighted by atomic mass is 19.1. The number of amides is 6. The summed E-state index contributed by atoms with van der Waals surface area (Å²) in [6.45, 7) is -0.0739. The maximum absolute atomic E-state index is 15.4. The molecule has 3 fully saturated rings. The first-order valence-electron chi connectivity index (χ1n) is 22.1. The minimum Gasteiger partial charge on any atom is -0.370 e. The number of aromatic nitrogens is 2. The van der Waals surface area contributed by atoms with Gasteiger partial charge in [0.25, 0.3) is 0 Å². The van der Waals surface area contributed by atoms with Crippen molar-refractivity contribution in [1.29, 1.82) is 0 Å². The minimum absolute atomic E-state index is 0.00424. The van der Waals surface area contributed by atoms with Crippen molar-refractivity contribution in [3.05, 3.63) is 108 Å². The highest BCUT2D eigenvalue weighted by Gasteiger charge is 2.47. The summed E-state index contributed by atoms with van der Waals surface area (Å²) in [5.41, 5.74) is 14.9. The molecule has 0 unspecified atom stereocenters. The van der Waals surface area contributed by atoms with Gasteiger partial charge in [-0.2, -0.15) is 0 Å². The van der Waals surface area contributed by atoms with Gasteiger partial charge in [-0.25, -0.2) is 4.39 Å². The molecule has 3 aliphatic rings. The van der Waals surface area contributed by atoms with Gasteiger partial charge in [-0.15, -0.1) is 0 Å². The maximum Gasteiger partial charge on any atom is 0.246 e. The van der Waals surface area contributed by atoms with E-state index in [-0.39, 0.29) is 70.5 Å². The zero-order chi connectivity index (χ0) is 45.6. The number of hydrogen-bond donors (Lipinski definition) is 8. The van der Waals surface area contributed by atoms with Crippen molar-refractivity contribution >= 4 is 63.2 Å². The maximum atomic E-state index is 15.4.